The molecule has 0 spiro atoms. The smallest absolute Gasteiger partial charge is 0.0943 e. The lowest BCUT2D eigenvalue weighted by Crippen LogP contribution is -1.81. The zero-order valence-electron chi connectivity index (χ0n) is 7.35. The molecule has 0 aromatic carbocycles. The van der Waals surface area contributed by atoms with Crippen LogP contribution in [0.1, 0.15) is 33.1 Å². The van der Waals surface area contributed by atoms with Crippen LogP contribution in [0.4, 0.5) is 0 Å². The summed E-state index contributed by atoms with van der Waals surface area (Å²) >= 11 is 0. The van der Waals surface area contributed by atoms with Crippen LogP contribution < -0.4 is 0 Å². The van der Waals surface area contributed by atoms with Gasteiger partial charge in [-0.1, -0.05) is 11.6 Å². The number of unbranched alkanes of at least 4 members (excludes halogenated alkanes) is 1. The second-order valence-electron chi connectivity index (χ2n) is 2.70. The van der Waals surface area contributed by atoms with Crippen molar-refractivity contribution in [2.45, 2.75) is 33.1 Å². The maximum atomic E-state index is 8.53. The number of rotatable bonds is 4. The molecular formula is C10H15N. The van der Waals surface area contributed by atoms with Crippen molar-refractivity contribution in [2.24, 2.45) is 0 Å². The summed E-state index contributed by atoms with van der Waals surface area (Å²) in [6.45, 7) is 7.52. The average molecular weight is 149 g/mol. The van der Waals surface area contributed by atoms with Crippen LogP contribution in [0.25, 0.3) is 0 Å². The Morgan fingerprint density at radius 3 is 2.64 bits per heavy atom. The third-order valence-electron chi connectivity index (χ3n) is 1.77. The van der Waals surface area contributed by atoms with Crippen molar-refractivity contribution < 1.29 is 0 Å². The summed E-state index contributed by atoms with van der Waals surface area (Å²) in [5, 5.41) is 8.53. The minimum Gasteiger partial charge on any atom is -0.193 e. The fourth-order valence-electron chi connectivity index (χ4n) is 0.794. The zero-order chi connectivity index (χ0) is 8.69. The highest BCUT2D eigenvalue weighted by Crippen LogP contribution is 2.10. The van der Waals surface area contributed by atoms with Crippen LogP contribution in [0.5, 0.6) is 0 Å². The van der Waals surface area contributed by atoms with E-state index in [0.29, 0.717) is 0 Å². The zero-order valence-corrected chi connectivity index (χ0v) is 7.35. The van der Waals surface area contributed by atoms with E-state index >= 15 is 0 Å². The molecule has 0 radical (unpaired) electrons. The molecule has 11 heavy (non-hydrogen) atoms. The summed E-state index contributed by atoms with van der Waals surface area (Å²) < 4.78 is 0. The quantitative estimate of drug-likeness (QED) is 0.342. The molecule has 0 amide bonds. The topological polar surface area (TPSA) is 23.8 Å². The van der Waals surface area contributed by atoms with Gasteiger partial charge in [-0.25, -0.2) is 0 Å². The summed E-state index contributed by atoms with van der Waals surface area (Å²) in [5.41, 5.74) is 2.06. The molecule has 60 valence electrons. The first-order chi connectivity index (χ1) is 5.22. The van der Waals surface area contributed by atoms with Crippen molar-refractivity contribution in [1.82, 2.24) is 0 Å². The Kier molecular flexibility index (Phi) is 5.20. The normalized spacial score (nSPS) is 11.7. The van der Waals surface area contributed by atoms with Crippen LogP contribution in [-0.2, 0) is 0 Å². The minimum absolute atomic E-state index is 0.856. The Morgan fingerprint density at radius 1 is 1.55 bits per heavy atom. The van der Waals surface area contributed by atoms with Crippen LogP contribution in [0.2, 0.25) is 0 Å². The first-order valence-corrected chi connectivity index (χ1v) is 3.89. The Balaban J connectivity index is 3.78. The van der Waals surface area contributed by atoms with Gasteiger partial charge in [-0.05, 0) is 33.1 Å². The molecule has 1 heteroatoms. The predicted octanol–water partition coefficient (Wildman–Crippen LogP) is 3.20. The van der Waals surface area contributed by atoms with E-state index in [2.05, 4.69) is 12.6 Å². The van der Waals surface area contributed by atoms with E-state index in [9.17, 15) is 0 Å². The van der Waals surface area contributed by atoms with Gasteiger partial charge in [0.1, 0.15) is 0 Å². The molecule has 0 heterocycles. The Hall–Kier alpha value is -1.03. The molecule has 0 bridgehead atoms. The molecule has 0 aliphatic heterocycles. The first-order valence-electron chi connectivity index (χ1n) is 3.89. The van der Waals surface area contributed by atoms with Crippen molar-refractivity contribution in [1.29, 1.82) is 5.26 Å². The number of hydrogen-bond donors (Lipinski definition) is 0. The molecule has 0 rings (SSSR count). The highest BCUT2D eigenvalue weighted by atomic mass is 14.2. The number of allylic oxidation sites excluding steroid dienone is 3. The largest absolute Gasteiger partial charge is 0.193 e. The SMILES string of the molecule is C=CCCCC(C)=C(C)C#N. The van der Waals surface area contributed by atoms with Gasteiger partial charge in [0.25, 0.3) is 0 Å². The van der Waals surface area contributed by atoms with Crippen molar-refractivity contribution in [3.63, 3.8) is 0 Å². The lowest BCUT2D eigenvalue weighted by atomic mass is 10.1. The summed E-state index contributed by atoms with van der Waals surface area (Å²) in [5.74, 6) is 0. The van der Waals surface area contributed by atoms with Crippen molar-refractivity contribution in [3.8, 4) is 6.07 Å². The lowest BCUT2D eigenvalue weighted by molar-refractivity contribution is 0.828. The predicted molar refractivity (Wildman–Crippen MR) is 48.0 cm³/mol. The highest BCUT2D eigenvalue weighted by molar-refractivity contribution is 5.23. The van der Waals surface area contributed by atoms with E-state index in [-0.39, 0.29) is 0 Å². The van der Waals surface area contributed by atoms with Gasteiger partial charge >= 0.3 is 0 Å². The van der Waals surface area contributed by atoms with Crippen LogP contribution in [0.3, 0.4) is 0 Å². The molecule has 1 nitrogen and oxygen atoms in total. The summed E-state index contributed by atoms with van der Waals surface area (Å²) in [7, 11) is 0. The Labute approximate surface area is 69.0 Å². The molecule has 0 saturated carbocycles. The van der Waals surface area contributed by atoms with Crippen LogP contribution in [-0.4, -0.2) is 0 Å². The molecule has 0 aliphatic carbocycles. The molecule has 0 aromatic heterocycles. The highest BCUT2D eigenvalue weighted by Gasteiger charge is 1.94. The molecule has 0 saturated heterocycles. The van der Waals surface area contributed by atoms with Crippen molar-refractivity contribution in [3.05, 3.63) is 23.8 Å². The molecule has 0 aliphatic rings. The third-order valence-corrected chi connectivity index (χ3v) is 1.77. The maximum absolute atomic E-state index is 8.53. The molecule has 0 fully saturated rings. The van der Waals surface area contributed by atoms with Gasteiger partial charge in [-0.2, -0.15) is 5.26 Å². The van der Waals surface area contributed by atoms with E-state index in [0.717, 1.165) is 24.8 Å². The molecule has 0 aromatic rings. The van der Waals surface area contributed by atoms with Crippen molar-refractivity contribution in [2.75, 3.05) is 0 Å². The Morgan fingerprint density at radius 2 is 2.18 bits per heavy atom. The van der Waals surface area contributed by atoms with Crippen LogP contribution in [0, 0.1) is 11.3 Å². The second kappa shape index (κ2) is 5.73. The van der Waals surface area contributed by atoms with Crippen molar-refractivity contribution >= 4 is 0 Å². The third kappa shape index (κ3) is 4.38. The standard InChI is InChI=1S/C10H15N/c1-4-5-6-7-9(2)10(3)8-11/h4H,1,5-7H2,2-3H3. The van der Waals surface area contributed by atoms with Gasteiger partial charge in [0.2, 0.25) is 0 Å². The molecule has 0 unspecified atom stereocenters. The van der Waals surface area contributed by atoms with Gasteiger partial charge in [0.15, 0.2) is 0 Å². The summed E-state index contributed by atoms with van der Waals surface area (Å²) in [6.07, 6.45) is 5.07. The maximum Gasteiger partial charge on any atom is 0.0943 e. The van der Waals surface area contributed by atoms with E-state index in [1.165, 1.54) is 5.57 Å². The number of hydrogen-bond acceptors (Lipinski definition) is 1. The molecule has 0 N–H and O–H groups in total. The van der Waals surface area contributed by atoms with E-state index in [1.54, 1.807) is 0 Å². The fourth-order valence-corrected chi connectivity index (χ4v) is 0.794. The average Bonchev–Trinajstić information content (AvgIpc) is 2.03. The van der Waals surface area contributed by atoms with Gasteiger partial charge in [0, 0.05) is 5.57 Å². The van der Waals surface area contributed by atoms with Gasteiger partial charge in [-0.15, -0.1) is 6.58 Å². The first kappa shape index (κ1) is 9.97. The van der Waals surface area contributed by atoms with Gasteiger partial charge in [0.05, 0.1) is 6.07 Å². The van der Waals surface area contributed by atoms with Crippen LogP contribution in [0.15, 0.2) is 23.8 Å². The summed E-state index contributed by atoms with van der Waals surface area (Å²) in [6, 6.07) is 2.15. The van der Waals surface area contributed by atoms with E-state index in [1.807, 2.05) is 19.9 Å². The van der Waals surface area contributed by atoms with Crippen LogP contribution >= 0.6 is 0 Å². The number of nitrogens with zero attached hydrogens (tertiary/aromatic N) is 1. The van der Waals surface area contributed by atoms with Gasteiger partial charge < -0.3 is 0 Å². The fraction of sp³-hybridized carbons (Fsp3) is 0.500. The second-order valence-corrected chi connectivity index (χ2v) is 2.70. The minimum atomic E-state index is 0.856. The number of nitriles is 1. The summed E-state index contributed by atoms with van der Waals surface area (Å²) in [4.78, 5) is 0. The lowest BCUT2D eigenvalue weighted by Gasteiger charge is -1.98. The monoisotopic (exact) mass is 149 g/mol. The molecular weight excluding hydrogens is 134 g/mol. The molecule has 0 atom stereocenters. The van der Waals surface area contributed by atoms with E-state index in [4.69, 9.17) is 5.26 Å². The van der Waals surface area contributed by atoms with E-state index < -0.39 is 0 Å². The van der Waals surface area contributed by atoms with Gasteiger partial charge in [-0.3, -0.25) is 0 Å². The Bertz CT molecular complexity index is 193.